The van der Waals surface area contributed by atoms with E-state index in [1.165, 1.54) is 38.5 Å². The SMILES string of the molecule is CC#CCCC(NCCC)C1CCC(C)CC1. The highest BCUT2D eigenvalue weighted by atomic mass is 14.9. The van der Waals surface area contributed by atoms with Gasteiger partial charge in [0, 0.05) is 12.5 Å². The second-order valence-corrected chi connectivity index (χ2v) is 5.55. The highest BCUT2D eigenvalue weighted by Gasteiger charge is 2.24. The maximum absolute atomic E-state index is 3.75. The van der Waals surface area contributed by atoms with E-state index in [4.69, 9.17) is 0 Å². The Balaban J connectivity index is 2.39. The Morgan fingerprint density at radius 1 is 1.24 bits per heavy atom. The maximum Gasteiger partial charge on any atom is 0.0104 e. The molecule has 0 aromatic carbocycles. The van der Waals surface area contributed by atoms with Gasteiger partial charge in [-0.3, -0.25) is 0 Å². The molecule has 0 aromatic heterocycles. The quantitative estimate of drug-likeness (QED) is 0.687. The third-order valence-corrected chi connectivity index (χ3v) is 4.04. The Kier molecular flexibility index (Phi) is 7.37. The molecule has 0 heterocycles. The van der Waals surface area contributed by atoms with E-state index >= 15 is 0 Å². The van der Waals surface area contributed by atoms with Crippen molar-refractivity contribution in [3.05, 3.63) is 0 Å². The summed E-state index contributed by atoms with van der Waals surface area (Å²) in [6, 6.07) is 0.711. The molecule has 1 aliphatic rings. The summed E-state index contributed by atoms with van der Waals surface area (Å²) >= 11 is 0. The van der Waals surface area contributed by atoms with Gasteiger partial charge in [-0.15, -0.1) is 11.8 Å². The van der Waals surface area contributed by atoms with Crippen molar-refractivity contribution in [2.45, 2.75) is 71.8 Å². The zero-order valence-electron chi connectivity index (χ0n) is 11.9. The van der Waals surface area contributed by atoms with E-state index in [-0.39, 0.29) is 0 Å². The van der Waals surface area contributed by atoms with Crippen LogP contribution in [0.4, 0.5) is 0 Å². The minimum atomic E-state index is 0.711. The van der Waals surface area contributed by atoms with Crippen LogP contribution in [0.1, 0.15) is 65.7 Å². The first-order valence-electron chi connectivity index (χ1n) is 7.40. The first kappa shape index (κ1) is 14.6. The highest BCUT2D eigenvalue weighted by Crippen LogP contribution is 2.31. The van der Waals surface area contributed by atoms with Crippen LogP contribution in [-0.2, 0) is 0 Å². The number of hydrogen-bond donors (Lipinski definition) is 1. The van der Waals surface area contributed by atoms with Crippen molar-refractivity contribution in [3.8, 4) is 11.8 Å². The summed E-state index contributed by atoms with van der Waals surface area (Å²) in [6.45, 7) is 7.75. The van der Waals surface area contributed by atoms with Gasteiger partial charge in [0.1, 0.15) is 0 Å². The second kappa shape index (κ2) is 8.59. The topological polar surface area (TPSA) is 12.0 Å². The highest BCUT2D eigenvalue weighted by molar-refractivity contribution is 4.96. The molecule has 1 N–H and O–H groups in total. The Morgan fingerprint density at radius 2 is 1.94 bits per heavy atom. The average molecular weight is 235 g/mol. The van der Waals surface area contributed by atoms with Crippen LogP contribution in [0, 0.1) is 23.7 Å². The molecule has 1 saturated carbocycles. The van der Waals surface area contributed by atoms with Crippen molar-refractivity contribution in [2.75, 3.05) is 6.54 Å². The van der Waals surface area contributed by atoms with Gasteiger partial charge in [0.25, 0.3) is 0 Å². The van der Waals surface area contributed by atoms with Crippen molar-refractivity contribution in [2.24, 2.45) is 11.8 Å². The summed E-state index contributed by atoms with van der Waals surface area (Å²) in [5.74, 6) is 8.08. The second-order valence-electron chi connectivity index (χ2n) is 5.55. The van der Waals surface area contributed by atoms with Gasteiger partial charge < -0.3 is 5.32 Å². The molecule has 0 saturated heterocycles. The van der Waals surface area contributed by atoms with E-state index in [9.17, 15) is 0 Å². The lowest BCUT2D eigenvalue weighted by Crippen LogP contribution is -2.38. The minimum Gasteiger partial charge on any atom is -0.314 e. The summed E-state index contributed by atoms with van der Waals surface area (Å²) < 4.78 is 0. The lowest BCUT2D eigenvalue weighted by Gasteiger charge is -2.33. The molecule has 0 bridgehead atoms. The summed E-state index contributed by atoms with van der Waals surface area (Å²) in [5.41, 5.74) is 0. The van der Waals surface area contributed by atoms with Gasteiger partial charge in [-0.05, 0) is 51.0 Å². The van der Waals surface area contributed by atoms with E-state index < -0.39 is 0 Å². The van der Waals surface area contributed by atoms with Crippen molar-refractivity contribution in [1.29, 1.82) is 0 Å². The van der Waals surface area contributed by atoms with Gasteiger partial charge in [0.15, 0.2) is 0 Å². The number of nitrogens with one attached hydrogen (secondary N) is 1. The molecule has 1 heteroatoms. The molecular formula is C16H29N. The fraction of sp³-hybridized carbons (Fsp3) is 0.875. The van der Waals surface area contributed by atoms with E-state index in [1.807, 2.05) is 6.92 Å². The standard InChI is InChI=1S/C16H29N/c1-4-6-7-8-16(17-13-5-2)15-11-9-14(3)10-12-15/h14-17H,5,7-13H2,1-3H3. The van der Waals surface area contributed by atoms with Gasteiger partial charge in [0.2, 0.25) is 0 Å². The van der Waals surface area contributed by atoms with Crippen LogP contribution >= 0.6 is 0 Å². The molecule has 1 atom stereocenters. The molecule has 0 radical (unpaired) electrons. The van der Waals surface area contributed by atoms with Crippen molar-refractivity contribution >= 4 is 0 Å². The molecule has 98 valence electrons. The molecule has 1 fully saturated rings. The first-order chi connectivity index (χ1) is 8.27. The molecule has 0 amide bonds. The fourth-order valence-corrected chi connectivity index (χ4v) is 2.88. The summed E-state index contributed by atoms with van der Waals surface area (Å²) in [7, 11) is 0. The van der Waals surface area contributed by atoms with Crippen LogP contribution in [0.25, 0.3) is 0 Å². The molecule has 1 aliphatic carbocycles. The van der Waals surface area contributed by atoms with Crippen LogP contribution in [-0.4, -0.2) is 12.6 Å². The molecule has 17 heavy (non-hydrogen) atoms. The summed E-state index contributed by atoms with van der Waals surface area (Å²) in [4.78, 5) is 0. The van der Waals surface area contributed by atoms with Crippen LogP contribution < -0.4 is 5.32 Å². The predicted molar refractivity (Wildman–Crippen MR) is 75.9 cm³/mol. The Labute approximate surface area is 108 Å². The van der Waals surface area contributed by atoms with E-state index in [2.05, 4.69) is 31.0 Å². The molecule has 0 aliphatic heterocycles. The third kappa shape index (κ3) is 5.59. The molecule has 1 nitrogen and oxygen atoms in total. The van der Waals surface area contributed by atoms with Crippen LogP contribution in [0.15, 0.2) is 0 Å². The van der Waals surface area contributed by atoms with E-state index in [0.717, 1.165) is 24.8 Å². The fourth-order valence-electron chi connectivity index (χ4n) is 2.88. The maximum atomic E-state index is 3.75. The summed E-state index contributed by atoms with van der Waals surface area (Å²) in [5, 5.41) is 3.75. The monoisotopic (exact) mass is 235 g/mol. The predicted octanol–water partition coefficient (Wildman–Crippen LogP) is 3.98. The number of hydrogen-bond acceptors (Lipinski definition) is 1. The molecular weight excluding hydrogens is 206 g/mol. The van der Waals surface area contributed by atoms with Gasteiger partial charge >= 0.3 is 0 Å². The van der Waals surface area contributed by atoms with Crippen molar-refractivity contribution in [1.82, 2.24) is 5.32 Å². The molecule has 1 rings (SSSR count). The molecule has 0 aromatic rings. The van der Waals surface area contributed by atoms with Gasteiger partial charge in [-0.25, -0.2) is 0 Å². The van der Waals surface area contributed by atoms with Gasteiger partial charge in [-0.1, -0.05) is 26.7 Å². The largest absolute Gasteiger partial charge is 0.314 e. The van der Waals surface area contributed by atoms with Crippen molar-refractivity contribution < 1.29 is 0 Å². The van der Waals surface area contributed by atoms with Crippen molar-refractivity contribution in [3.63, 3.8) is 0 Å². The van der Waals surface area contributed by atoms with E-state index in [1.54, 1.807) is 0 Å². The Morgan fingerprint density at radius 3 is 2.53 bits per heavy atom. The van der Waals surface area contributed by atoms with E-state index in [0.29, 0.717) is 6.04 Å². The first-order valence-corrected chi connectivity index (χ1v) is 7.40. The average Bonchev–Trinajstić information content (AvgIpc) is 2.35. The lowest BCUT2D eigenvalue weighted by molar-refractivity contribution is 0.223. The summed E-state index contributed by atoms with van der Waals surface area (Å²) in [6.07, 6.45) is 9.22. The zero-order valence-corrected chi connectivity index (χ0v) is 11.9. The normalized spacial score (nSPS) is 26.1. The van der Waals surface area contributed by atoms with Gasteiger partial charge in [-0.2, -0.15) is 0 Å². The number of rotatable bonds is 6. The minimum absolute atomic E-state index is 0.711. The Hall–Kier alpha value is -0.480. The molecule has 0 spiro atoms. The molecule has 1 unspecified atom stereocenters. The van der Waals surface area contributed by atoms with Gasteiger partial charge in [0.05, 0.1) is 0 Å². The van der Waals surface area contributed by atoms with Crippen LogP contribution in [0.2, 0.25) is 0 Å². The smallest absolute Gasteiger partial charge is 0.0104 e. The van der Waals surface area contributed by atoms with Crippen LogP contribution in [0.3, 0.4) is 0 Å². The lowest BCUT2D eigenvalue weighted by atomic mass is 9.78. The Bertz CT molecular complexity index is 240. The van der Waals surface area contributed by atoms with Crippen LogP contribution in [0.5, 0.6) is 0 Å². The third-order valence-electron chi connectivity index (χ3n) is 4.04. The zero-order chi connectivity index (χ0) is 12.5.